The average Bonchev–Trinajstić information content (AvgIpc) is 2.28. The molecule has 2 rings (SSSR count). The topological polar surface area (TPSA) is 81.0 Å². The Morgan fingerprint density at radius 2 is 2.25 bits per heavy atom. The number of anilines is 1. The van der Waals surface area contributed by atoms with Gasteiger partial charge in [-0.25, -0.2) is 4.98 Å². The quantitative estimate of drug-likeness (QED) is 0.824. The van der Waals surface area contributed by atoms with Gasteiger partial charge >= 0.3 is 5.56 Å². The maximum Gasteiger partial charge on any atom is 0.311 e. The van der Waals surface area contributed by atoms with Crippen LogP contribution >= 0.6 is 15.9 Å². The smallest absolute Gasteiger partial charge is 0.311 e. The van der Waals surface area contributed by atoms with Gasteiger partial charge < -0.3 is 15.5 Å². The molecule has 5 nitrogen and oxygen atoms in total. The lowest BCUT2D eigenvalue weighted by Crippen LogP contribution is -2.09. The van der Waals surface area contributed by atoms with Crippen LogP contribution in [0.4, 0.5) is 5.69 Å². The molecule has 6 heteroatoms. The third-order valence-corrected chi connectivity index (χ3v) is 2.72. The molecule has 3 N–H and O–H groups in total. The van der Waals surface area contributed by atoms with Crippen LogP contribution in [-0.4, -0.2) is 9.97 Å². The Morgan fingerprint density at radius 1 is 1.44 bits per heavy atom. The molecule has 82 valence electrons. The average molecular weight is 282 g/mol. The molecule has 0 aliphatic rings. The summed E-state index contributed by atoms with van der Waals surface area (Å²) in [5.41, 5.74) is 5.82. The number of rotatable bonds is 2. The van der Waals surface area contributed by atoms with E-state index in [4.69, 9.17) is 10.5 Å². The number of ether oxygens (including phenoxy) is 1. The number of aromatic amines is 1. The van der Waals surface area contributed by atoms with Gasteiger partial charge in [0.1, 0.15) is 5.75 Å². The molecule has 0 saturated carbocycles. The lowest BCUT2D eigenvalue weighted by atomic mass is 10.3. The second-order valence-corrected chi connectivity index (χ2v) is 3.78. The fourth-order valence-corrected chi connectivity index (χ4v) is 1.47. The lowest BCUT2D eigenvalue weighted by Gasteiger charge is -2.06. The molecule has 2 aromatic rings. The minimum Gasteiger partial charge on any atom is -0.433 e. The number of nitrogen functional groups attached to an aromatic ring is 1. The highest BCUT2D eigenvalue weighted by atomic mass is 79.9. The fourth-order valence-electron chi connectivity index (χ4n) is 1.12. The number of nitrogens with zero attached hydrogens (tertiary/aromatic N) is 1. The van der Waals surface area contributed by atoms with Crippen molar-refractivity contribution in [2.24, 2.45) is 0 Å². The van der Waals surface area contributed by atoms with Crippen LogP contribution in [0.5, 0.6) is 11.6 Å². The summed E-state index contributed by atoms with van der Waals surface area (Å²) >= 11 is 3.27. The molecule has 1 aromatic carbocycles. The zero-order chi connectivity index (χ0) is 11.5. The number of aromatic nitrogens is 2. The number of hydrogen-bond donors (Lipinski definition) is 2. The van der Waals surface area contributed by atoms with Crippen molar-refractivity contribution in [2.75, 3.05) is 5.73 Å². The molecule has 0 amide bonds. The summed E-state index contributed by atoms with van der Waals surface area (Å²) in [7, 11) is 0. The van der Waals surface area contributed by atoms with E-state index in [0.717, 1.165) is 0 Å². The highest BCUT2D eigenvalue weighted by Gasteiger charge is 2.08. The van der Waals surface area contributed by atoms with Crippen molar-refractivity contribution in [3.63, 3.8) is 0 Å². The summed E-state index contributed by atoms with van der Waals surface area (Å²) in [6.07, 6.45) is 2.88. The Morgan fingerprint density at radius 3 is 3.00 bits per heavy atom. The second kappa shape index (κ2) is 4.36. The molecule has 0 aliphatic heterocycles. The maximum atomic E-state index is 11.3. The first-order valence-corrected chi connectivity index (χ1v) is 5.23. The highest BCUT2D eigenvalue weighted by molar-refractivity contribution is 9.10. The largest absolute Gasteiger partial charge is 0.433 e. The van der Waals surface area contributed by atoms with E-state index in [1.807, 2.05) is 0 Å². The fraction of sp³-hybridized carbons (Fsp3) is 0. The Hall–Kier alpha value is -1.82. The minimum absolute atomic E-state index is 0.0196. The van der Waals surface area contributed by atoms with Gasteiger partial charge in [0, 0.05) is 18.1 Å². The van der Waals surface area contributed by atoms with E-state index in [2.05, 4.69) is 25.9 Å². The molecule has 0 fully saturated rings. The van der Waals surface area contributed by atoms with Crippen molar-refractivity contribution in [1.82, 2.24) is 9.97 Å². The Labute approximate surface area is 99.4 Å². The number of nitrogens with one attached hydrogen (secondary N) is 1. The lowest BCUT2D eigenvalue weighted by molar-refractivity contribution is 0.452. The van der Waals surface area contributed by atoms with E-state index in [-0.39, 0.29) is 5.88 Å². The van der Waals surface area contributed by atoms with E-state index >= 15 is 0 Å². The SMILES string of the molecule is Nc1cccc(Oc2ncc[nH]c2=O)c1Br. The van der Waals surface area contributed by atoms with Gasteiger partial charge in [-0.1, -0.05) is 6.07 Å². The summed E-state index contributed by atoms with van der Waals surface area (Å²) in [5.74, 6) is 0.429. The summed E-state index contributed by atoms with van der Waals surface area (Å²) in [4.78, 5) is 17.6. The van der Waals surface area contributed by atoms with Gasteiger partial charge in [0.05, 0.1) is 4.47 Å². The third kappa shape index (κ3) is 2.06. The number of H-pyrrole nitrogens is 1. The molecule has 0 spiro atoms. The predicted octanol–water partition coefficient (Wildman–Crippen LogP) is 1.91. The zero-order valence-electron chi connectivity index (χ0n) is 8.11. The van der Waals surface area contributed by atoms with Gasteiger partial charge in [-0.2, -0.15) is 0 Å². The Kier molecular flexibility index (Phi) is 2.91. The van der Waals surface area contributed by atoms with E-state index in [9.17, 15) is 4.79 Å². The van der Waals surface area contributed by atoms with Gasteiger partial charge in [0.15, 0.2) is 0 Å². The van der Waals surface area contributed by atoms with Gasteiger partial charge in [0.2, 0.25) is 0 Å². The molecule has 1 heterocycles. The molecular weight excluding hydrogens is 274 g/mol. The standard InChI is InChI=1S/C10H8BrN3O2/c11-8-6(12)2-1-3-7(8)16-10-9(15)13-4-5-14-10/h1-5H,12H2,(H,13,15). The van der Waals surface area contributed by atoms with Gasteiger partial charge in [-0.3, -0.25) is 4.79 Å². The van der Waals surface area contributed by atoms with E-state index in [0.29, 0.717) is 15.9 Å². The van der Waals surface area contributed by atoms with Crippen molar-refractivity contribution >= 4 is 21.6 Å². The predicted molar refractivity (Wildman–Crippen MR) is 63.5 cm³/mol. The molecular formula is C10H8BrN3O2. The van der Waals surface area contributed by atoms with Crippen LogP contribution in [0.2, 0.25) is 0 Å². The number of nitrogens with two attached hydrogens (primary N) is 1. The molecule has 0 aliphatic carbocycles. The monoisotopic (exact) mass is 281 g/mol. The molecule has 0 atom stereocenters. The first kappa shape index (κ1) is 10.7. The van der Waals surface area contributed by atoms with Crippen LogP contribution in [0.25, 0.3) is 0 Å². The molecule has 1 aromatic heterocycles. The van der Waals surface area contributed by atoms with Crippen LogP contribution in [-0.2, 0) is 0 Å². The van der Waals surface area contributed by atoms with Crippen LogP contribution in [0.15, 0.2) is 39.9 Å². The Balaban J connectivity index is 2.38. The van der Waals surface area contributed by atoms with Crippen LogP contribution in [0, 0.1) is 0 Å². The number of hydrogen-bond acceptors (Lipinski definition) is 4. The van der Waals surface area contributed by atoms with Gasteiger partial charge in [-0.05, 0) is 28.1 Å². The third-order valence-electron chi connectivity index (χ3n) is 1.87. The normalized spacial score (nSPS) is 10.1. The molecule has 0 bridgehead atoms. The number of benzene rings is 1. The minimum atomic E-state index is -0.392. The van der Waals surface area contributed by atoms with Crippen molar-refractivity contribution in [2.45, 2.75) is 0 Å². The van der Waals surface area contributed by atoms with E-state index in [1.54, 1.807) is 18.2 Å². The summed E-state index contributed by atoms with van der Waals surface area (Å²) in [5, 5.41) is 0. The summed E-state index contributed by atoms with van der Waals surface area (Å²) in [6.45, 7) is 0. The highest BCUT2D eigenvalue weighted by Crippen LogP contribution is 2.32. The summed E-state index contributed by atoms with van der Waals surface area (Å²) in [6, 6.07) is 5.14. The second-order valence-electron chi connectivity index (χ2n) is 2.98. The first-order valence-electron chi connectivity index (χ1n) is 4.44. The van der Waals surface area contributed by atoms with Crippen molar-refractivity contribution < 1.29 is 4.74 Å². The maximum absolute atomic E-state index is 11.3. The van der Waals surface area contributed by atoms with Crippen molar-refractivity contribution in [3.05, 3.63) is 45.4 Å². The molecule has 0 radical (unpaired) electrons. The van der Waals surface area contributed by atoms with Crippen molar-refractivity contribution in [1.29, 1.82) is 0 Å². The Bertz CT molecular complexity index is 568. The number of halogens is 1. The van der Waals surface area contributed by atoms with Gasteiger partial charge in [0.25, 0.3) is 5.88 Å². The van der Waals surface area contributed by atoms with Gasteiger partial charge in [-0.15, -0.1) is 0 Å². The molecule has 0 saturated heterocycles. The van der Waals surface area contributed by atoms with Crippen LogP contribution < -0.4 is 16.0 Å². The van der Waals surface area contributed by atoms with Crippen LogP contribution in [0.1, 0.15) is 0 Å². The van der Waals surface area contributed by atoms with Crippen molar-refractivity contribution in [3.8, 4) is 11.6 Å². The molecule has 16 heavy (non-hydrogen) atoms. The van der Waals surface area contributed by atoms with Crippen LogP contribution in [0.3, 0.4) is 0 Å². The first-order chi connectivity index (χ1) is 7.68. The van der Waals surface area contributed by atoms with E-state index in [1.165, 1.54) is 12.4 Å². The summed E-state index contributed by atoms with van der Waals surface area (Å²) < 4.78 is 5.94. The van der Waals surface area contributed by atoms with E-state index < -0.39 is 5.56 Å². The molecule has 0 unspecified atom stereocenters. The zero-order valence-corrected chi connectivity index (χ0v) is 9.69.